The highest BCUT2D eigenvalue weighted by molar-refractivity contribution is 5.95. The van der Waals surface area contributed by atoms with Gasteiger partial charge in [0.15, 0.2) is 0 Å². The van der Waals surface area contributed by atoms with Gasteiger partial charge in [0.2, 0.25) is 11.6 Å². The molecule has 0 aliphatic carbocycles. The summed E-state index contributed by atoms with van der Waals surface area (Å²) in [5.74, 6) is -0.433. The highest BCUT2D eigenvalue weighted by atomic mass is 16.6. The van der Waals surface area contributed by atoms with Crippen LogP contribution in [0.3, 0.4) is 0 Å². The molecule has 33 heavy (non-hydrogen) atoms. The lowest BCUT2D eigenvalue weighted by atomic mass is 10.2. The molecule has 3 aromatic rings. The van der Waals surface area contributed by atoms with Crippen molar-refractivity contribution in [1.29, 1.82) is 0 Å². The van der Waals surface area contributed by atoms with E-state index < -0.39 is 21.4 Å². The van der Waals surface area contributed by atoms with Gasteiger partial charge in [-0.25, -0.2) is 9.97 Å². The van der Waals surface area contributed by atoms with Crippen LogP contribution in [0.15, 0.2) is 48.8 Å². The van der Waals surface area contributed by atoms with Crippen LogP contribution >= 0.6 is 0 Å². The van der Waals surface area contributed by atoms with Crippen LogP contribution in [0.5, 0.6) is 11.5 Å². The molecule has 1 aromatic heterocycles. The largest absolute Gasteiger partial charge is 0.497 e. The summed E-state index contributed by atoms with van der Waals surface area (Å²) in [7, 11) is 2.89. The van der Waals surface area contributed by atoms with Gasteiger partial charge in [-0.2, -0.15) is 0 Å². The number of rotatable bonds is 9. The molecule has 0 aliphatic heterocycles. The molecule has 0 saturated carbocycles. The average molecular weight is 455 g/mol. The van der Waals surface area contributed by atoms with Crippen LogP contribution in [0.4, 0.5) is 28.7 Å². The van der Waals surface area contributed by atoms with E-state index in [0.29, 0.717) is 17.2 Å². The van der Waals surface area contributed by atoms with Gasteiger partial charge < -0.3 is 14.8 Å². The zero-order valence-corrected chi connectivity index (χ0v) is 17.3. The molecule has 0 atom stereocenters. The lowest BCUT2D eigenvalue weighted by molar-refractivity contribution is -0.384. The summed E-state index contributed by atoms with van der Waals surface area (Å²) < 4.78 is 10.4. The second kappa shape index (κ2) is 9.86. The molecule has 3 N–H and O–H groups in total. The Morgan fingerprint density at radius 3 is 2.39 bits per heavy atom. The number of methoxy groups -OCH3 is 2. The standard InChI is InChI=1S/C19H17N7O7/c1-32-13-6-7-15(33-2)14(9-13)22-17-16(26(30)31)18(21-10-20-17)23-24-19(27)11-4-3-5-12(8-11)25(28)29/h3-10H,1-2H3,(H,24,27)(H2,20,21,22,23). The number of anilines is 3. The van der Waals surface area contributed by atoms with Gasteiger partial charge in [-0.1, -0.05) is 6.07 Å². The maximum absolute atomic E-state index is 12.3. The number of non-ortho nitro benzene ring substituents is 1. The molecule has 0 bridgehead atoms. The average Bonchev–Trinajstić information content (AvgIpc) is 2.82. The lowest BCUT2D eigenvalue weighted by Crippen LogP contribution is -2.30. The van der Waals surface area contributed by atoms with Crippen molar-refractivity contribution in [2.75, 3.05) is 25.0 Å². The first-order valence-corrected chi connectivity index (χ1v) is 9.13. The smallest absolute Gasteiger partial charge is 0.355 e. The third-order valence-electron chi connectivity index (χ3n) is 4.28. The van der Waals surface area contributed by atoms with E-state index in [-0.39, 0.29) is 22.9 Å². The Morgan fingerprint density at radius 2 is 1.73 bits per heavy atom. The van der Waals surface area contributed by atoms with Gasteiger partial charge in [0.1, 0.15) is 17.8 Å². The molecule has 0 aliphatic rings. The second-order valence-electron chi connectivity index (χ2n) is 6.25. The summed E-state index contributed by atoms with van der Waals surface area (Å²) in [4.78, 5) is 41.3. The second-order valence-corrected chi connectivity index (χ2v) is 6.25. The number of ether oxygens (including phenoxy) is 2. The molecule has 1 amide bonds. The van der Waals surface area contributed by atoms with Crippen molar-refractivity contribution in [1.82, 2.24) is 15.4 Å². The molecule has 1 heterocycles. The Labute approximate surface area is 185 Å². The normalized spacial score (nSPS) is 10.1. The summed E-state index contributed by atoms with van der Waals surface area (Å²) in [6.07, 6.45) is 1.05. The Morgan fingerprint density at radius 1 is 0.970 bits per heavy atom. The van der Waals surface area contributed by atoms with E-state index in [1.807, 2.05) is 0 Å². The molecule has 14 nitrogen and oxygen atoms in total. The summed E-state index contributed by atoms with van der Waals surface area (Å²) in [5.41, 5.74) is 4.04. The van der Waals surface area contributed by atoms with Crippen LogP contribution in [-0.4, -0.2) is 39.9 Å². The number of carbonyl (C=O) groups excluding carboxylic acids is 1. The van der Waals surface area contributed by atoms with Crippen LogP contribution in [0.25, 0.3) is 0 Å². The number of aromatic nitrogens is 2. The van der Waals surface area contributed by atoms with Crippen LogP contribution < -0.4 is 25.6 Å². The number of nitro groups is 2. The molecule has 0 unspecified atom stereocenters. The third kappa shape index (κ3) is 5.19. The maximum atomic E-state index is 12.3. The summed E-state index contributed by atoms with van der Waals surface area (Å²) >= 11 is 0. The number of nitro benzene ring substituents is 1. The monoisotopic (exact) mass is 455 g/mol. The van der Waals surface area contributed by atoms with Crippen LogP contribution in [0.1, 0.15) is 10.4 Å². The molecule has 3 rings (SSSR count). The molecule has 170 valence electrons. The zero-order chi connectivity index (χ0) is 24.0. The van der Waals surface area contributed by atoms with Gasteiger partial charge >= 0.3 is 5.69 Å². The topological polar surface area (TPSA) is 184 Å². The van der Waals surface area contributed by atoms with E-state index in [9.17, 15) is 25.0 Å². The summed E-state index contributed by atoms with van der Waals surface area (Å²) in [6.45, 7) is 0. The minimum absolute atomic E-state index is 0.0344. The van der Waals surface area contributed by atoms with E-state index in [1.165, 1.54) is 32.4 Å². The first-order valence-electron chi connectivity index (χ1n) is 9.13. The van der Waals surface area contributed by atoms with Gasteiger partial charge in [0.05, 0.1) is 29.8 Å². The number of hydrogen-bond acceptors (Lipinski definition) is 11. The first kappa shape index (κ1) is 22.7. The van der Waals surface area contributed by atoms with Gasteiger partial charge in [-0.05, 0) is 18.2 Å². The minimum Gasteiger partial charge on any atom is -0.497 e. The molecular weight excluding hydrogens is 438 g/mol. The fourth-order valence-electron chi connectivity index (χ4n) is 2.72. The molecule has 0 spiro atoms. The Kier molecular flexibility index (Phi) is 6.78. The Bertz CT molecular complexity index is 1220. The molecule has 0 fully saturated rings. The van der Waals surface area contributed by atoms with Crippen LogP contribution in [-0.2, 0) is 0 Å². The van der Waals surface area contributed by atoms with Crippen molar-refractivity contribution in [2.24, 2.45) is 0 Å². The fourth-order valence-corrected chi connectivity index (χ4v) is 2.72. The van der Waals surface area contributed by atoms with Crippen molar-refractivity contribution in [2.45, 2.75) is 0 Å². The van der Waals surface area contributed by atoms with Gasteiger partial charge in [0, 0.05) is 23.8 Å². The number of nitrogens with zero attached hydrogens (tertiary/aromatic N) is 4. The number of nitrogens with one attached hydrogen (secondary N) is 3. The molecule has 14 heteroatoms. The van der Waals surface area contributed by atoms with E-state index in [4.69, 9.17) is 9.47 Å². The number of hydrogen-bond donors (Lipinski definition) is 3. The zero-order valence-electron chi connectivity index (χ0n) is 17.3. The number of amides is 1. The highest BCUT2D eigenvalue weighted by Gasteiger charge is 2.25. The van der Waals surface area contributed by atoms with Crippen molar-refractivity contribution in [3.8, 4) is 11.5 Å². The summed E-state index contributed by atoms with van der Waals surface area (Å²) in [5, 5.41) is 25.4. The fraction of sp³-hybridized carbons (Fsp3) is 0.105. The predicted molar refractivity (Wildman–Crippen MR) is 116 cm³/mol. The Balaban J connectivity index is 1.87. The predicted octanol–water partition coefficient (Wildman–Crippen LogP) is 2.81. The number of hydrazine groups is 1. The highest BCUT2D eigenvalue weighted by Crippen LogP contribution is 2.35. The van der Waals surface area contributed by atoms with E-state index >= 15 is 0 Å². The maximum Gasteiger partial charge on any atom is 0.355 e. The third-order valence-corrected chi connectivity index (χ3v) is 4.28. The van der Waals surface area contributed by atoms with Crippen molar-refractivity contribution in [3.63, 3.8) is 0 Å². The minimum atomic E-state index is -0.768. The Hall–Kier alpha value is -5.01. The lowest BCUT2D eigenvalue weighted by Gasteiger charge is -2.13. The van der Waals surface area contributed by atoms with E-state index in [0.717, 1.165) is 12.4 Å². The van der Waals surface area contributed by atoms with Gasteiger partial charge in [0.25, 0.3) is 11.6 Å². The van der Waals surface area contributed by atoms with Crippen molar-refractivity contribution >= 4 is 34.6 Å². The molecule has 0 radical (unpaired) electrons. The van der Waals surface area contributed by atoms with E-state index in [1.54, 1.807) is 18.2 Å². The summed E-state index contributed by atoms with van der Waals surface area (Å²) in [6, 6.07) is 9.78. The number of benzene rings is 2. The molecule has 0 saturated heterocycles. The quantitative estimate of drug-likeness (QED) is 0.318. The van der Waals surface area contributed by atoms with Crippen LogP contribution in [0, 0.1) is 20.2 Å². The number of carbonyl (C=O) groups is 1. The van der Waals surface area contributed by atoms with Crippen molar-refractivity contribution < 1.29 is 24.1 Å². The van der Waals surface area contributed by atoms with Gasteiger partial charge in [-0.3, -0.25) is 35.9 Å². The SMILES string of the molecule is COc1ccc(OC)c(Nc2ncnc(NNC(=O)c3cccc([N+](=O)[O-])c3)c2[N+](=O)[O-])c1. The first-order chi connectivity index (χ1) is 15.8. The van der Waals surface area contributed by atoms with Crippen LogP contribution in [0.2, 0.25) is 0 Å². The van der Waals surface area contributed by atoms with Gasteiger partial charge in [-0.15, -0.1) is 0 Å². The molecule has 2 aromatic carbocycles. The molecular formula is C19H17N7O7. The van der Waals surface area contributed by atoms with Crippen molar-refractivity contribution in [3.05, 3.63) is 74.6 Å². The van der Waals surface area contributed by atoms with E-state index in [2.05, 4.69) is 26.1 Å².